The third-order valence-electron chi connectivity index (χ3n) is 4.10. The average molecular weight is 453 g/mol. The van der Waals surface area contributed by atoms with Gasteiger partial charge in [0.05, 0.1) is 16.8 Å². The highest BCUT2D eigenvalue weighted by Gasteiger charge is 2.35. The number of carbonyl (C=O) groups excluding carboxylic acids is 3. The number of alkyl halides is 2. The van der Waals surface area contributed by atoms with Crippen molar-refractivity contribution in [2.45, 2.75) is 19.5 Å². The van der Waals surface area contributed by atoms with Crippen LogP contribution in [0.2, 0.25) is 0 Å². The number of nitrogens with zero attached hydrogens (tertiary/aromatic N) is 1. The number of para-hydroxylation sites is 2. The van der Waals surface area contributed by atoms with Crippen molar-refractivity contribution in [2.24, 2.45) is 0 Å². The predicted octanol–water partition coefficient (Wildman–Crippen LogP) is 4.07. The van der Waals surface area contributed by atoms with Crippen molar-refractivity contribution < 1.29 is 27.9 Å². The summed E-state index contributed by atoms with van der Waals surface area (Å²) in [5.74, 6) is -1.39. The van der Waals surface area contributed by atoms with Crippen LogP contribution in [0.4, 0.5) is 14.5 Å². The maximum atomic E-state index is 12.4. The highest BCUT2D eigenvalue weighted by Crippen LogP contribution is 2.27. The van der Waals surface area contributed by atoms with Crippen LogP contribution in [-0.2, 0) is 4.79 Å². The first-order valence-electron chi connectivity index (χ1n) is 8.36. The number of imide groups is 1. The van der Waals surface area contributed by atoms with Gasteiger partial charge in [0.15, 0.2) is 0 Å². The van der Waals surface area contributed by atoms with Gasteiger partial charge in [-0.15, -0.1) is 0 Å². The van der Waals surface area contributed by atoms with E-state index >= 15 is 0 Å². The summed E-state index contributed by atoms with van der Waals surface area (Å²) in [6, 6.07) is 10.7. The van der Waals surface area contributed by atoms with Crippen LogP contribution in [0.3, 0.4) is 0 Å². The van der Waals surface area contributed by atoms with Crippen molar-refractivity contribution in [3.8, 4) is 5.75 Å². The topological polar surface area (TPSA) is 75.7 Å². The molecule has 9 heteroatoms. The summed E-state index contributed by atoms with van der Waals surface area (Å²) in [5.41, 5.74) is 0.774. The maximum Gasteiger partial charge on any atom is 0.387 e. The second-order valence-corrected chi connectivity index (χ2v) is 6.89. The minimum Gasteiger partial charge on any atom is -0.433 e. The summed E-state index contributed by atoms with van der Waals surface area (Å²) in [4.78, 5) is 37.9. The molecule has 1 heterocycles. The molecule has 0 fully saturated rings. The molecule has 3 amide bonds. The van der Waals surface area contributed by atoms with Crippen molar-refractivity contribution in [1.82, 2.24) is 4.90 Å². The van der Waals surface area contributed by atoms with Crippen LogP contribution in [0.1, 0.15) is 33.6 Å². The first kappa shape index (κ1) is 19.9. The lowest BCUT2D eigenvalue weighted by Gasteiger charge is -2.14. The fourth-order valence-electron chi connectivity index (χ4n) is 2.85. The fraction of sp³-hybridized carbons (Fsp3) is 0.211. The molecule has 0 radical (unpaired) electrons. The zero-order valence-corrected chi connectivity index (χ0v) is 16.0. The summed E-state index contributed by atoms with van der Waals surface area (Å²) in [6.45, 7) is -2.93. The lowest BCUT2D eigenvalue weighted by Crippen LogP contribution is -2.31. The van der Waals surface area contributed by atoms with Gasteiger partial charge in [0, 0.05) is 17.4 Å². The fourth-order valence-corrected chi connectivity index (χ4v) is 3.21. The Balaban J connectivity index is 1.56. The molecule has 0 aromatic heterocycles. The van der Waals surface area contributed by atoms with Crippen LogP contribution < -0.4 is 10.1 Å². The van der Waals surface area contributed by atoms with Crippen molar-refractivity contribution in [2.75, 3.05) is 11.9 Å². The molecule has 0 spiro atoms. The van der Waals surface area contributed by atoms with Crippen molar-refractivity contribution in [3.05, 3.63) is 58.1 Å². The third-order valence-corrected chi connectivity index (χ3v) is 4.59. The van der Waals surface area contributed by atoms with E-state index in [-0.39, 0.29) is 30.8 Å². The molecule has 28 heavy (non-hydrogen) atoms. The predicted molar refractivity (Wildman–Crippen MR) is 100 cm³/mol. The first-order valence-corrected chi connectivity index (χ1v) is 9.15. The van der Waals surface area contributed by atoms with Crippen molar-refractivity contribution >= 4 is 39.3 Å². The van der Waals surface area contributed by atoms with Crippen LogP contribution in [0.5, 0.6) is 5.75 Å². The molecule has 2 aromatic rings. The summed E-state index contributed by atoms with van der Waals surface area (Å²) in [6.07, 6.45) is 0.233. The number of benzene rings is 2. The number of halogens is 3. The summed E-state index contributed by atoms with van der Waals surface area (Å²) in [5, 5.41) is 2.50. The highest BCUT2D eigenvalue weighted by atomic mass is 79.9. The lowest BCUT2D eigenvalue weighted by atomic mass is 10.1. The van der Waals surface area contributed by atoms with Gasteiger partial charge < -0.3 is 10.1 Å². The number of fused-ring (bicyclic) bond motifs is 1. The summed E-state index contributed by atoms with van der Waals surface area (Å²) >= 11 is 3.26. The Bertz CT molecular complexity index is 936. The SMILES string of the molecule is O=C(CCCN1C(=O)c2ccc(Br)cc2C1=O)Nc1ccccc1OC(F)F. The summed E-state index contributed by atoms with van der Waals surface area (Å²) < 4.78 is 29.9. The van der Waals surface area contributed by atoms with Gasteiger partial charge >= 0.3 is 6.61 Å². The molecule has 1 aliphatic rings. The quantitative estimate of drug-likeness (QED) is 0.642. The van der Waals surface area contributed by atoms with E-state index in [2.05, 4.69) is 26.0 Å². The minimum absolute atomic E-state index is 0.000112. The Kier molecular flexibility index (Phi) is 6.03. The molecule has 0 aliphatic carbocycles. The molecule has 0 bridgehead atoms. The smallest absolute Gasteiger partial charge is 0.387 e. The van der Waals surface area contributed by atoms with E-state index in [1.54, 1.807) is 24.3 Å². The monoisotopic (exact) mass is 452 g/mol. The van der Waals surface area contributed by atoms with Gasteiger partial charge in [-0.3, -0.25) is 19.3 Å². The van der Waals surface area contributed by atoms with E-state index in [1.165, 1.54) is 18.2 Å². The van der Waals surface area contributed by atoms with Gasteiger partial charge in [0.2, 0.25) is 5.91 Å². The molecule has 0 saturated heterocycles. The third kappa shape index (κ3) is 4.36. The number of ether oxygens (including phenoxy) is 1. The van der Waals surface area contributed by atoms with Crippen LogP contribution in [-0.4, -0.2) is 35.8 Å². The molecule has 3 rings (SSSR count). The van der Waals surface area contributed by atoms with Gasteiger partial charge in [0.1, 0.15) is 5.75 Å². The molecule has 6 nitrogen and oxygen atoms in total. The number of anilines is 1. The minimum atomic E-state index is -3.01. The van der Waals surface area contributed by atoms with Crippen molar-refractivity contribution in [3.63, 3.8) is 0 Å². The van der Waals surface area contributed by atoms with Crippen LogP contribution >= 0.6 is 15.9 Å². The molecular formula is C19H15BrF2N2O4. The molecule has 2 aromatic carbocycles. The second-order valence-electron chi connectivity index (χ2n) is 5.98. The zero-order chi connectivity index (χ0) is 20.3. The average Bonchev–Trinajstić information content (AvgIpc) is 2.87. The standard InChI is InChI=1S/C19H15BrF2N2O4/c20-11-7-8-12-13(10-11)18(27)24(17(12)26)9-3-6-16(25)23-14-4-1-2-5-15(14)28-19(21)22/h1-2,4-5,7-8,10,19H,3,6,9H2,(H,23,25). The molecule has 146 valence electrons. The number of nitrogens with one attached hydrogen (secondary N) is 1. The van der Waals surface area contributed by atoms with E-state index in [9.17, 15) is 23.2 Å². The van der Waals surface area contributed by atoms with Gasteiger partial charge in [-0.2, -0.15) is 8.78 Å². The van der Waals surface area contributed by atoms with E-state index in [4.69, 9.17) is 0 Å². The molecule has 0 atom stereocenters. The first-order chi connectivity index (χ1) is 13.4. The molecule has 0 saturated carbocycles. The van der Waals surface area contributed by atoms with Gasteiger partial charge in [0.25, 0.3) is 11.8 Å². The van der Waals surface area contributed by atoms with Crippen molar-refractivity contribution in [1.29, 1.82) is 0 Å². The summed E-state index contributed by atoms with van der Waals surface area (Å²) in [7, 11) is 0. The van der Waals surface area contributed by atoms with E-state index in [0.29, 0.717) is 15.6 Å². The Labute approximate surface area is 167 Å². The second kappa shape index (κ2) is 8.47. The molecule has 1 N–H and O–H groups in total. The van der Waals surface area contributed by atoms with E-state index in [1.807, 2.05) is 0 Å². The Morgan fingerprint density at radius 1 is 1.11 bits per heavy atom. The number of hydrogen-bond donors (Lipinski definition) is 1. The van der Waals surface area contributed by atoms with E-state index < -0.39 is 24.3 Å². The Morgan fingerprint density at radius 3 is 2.57 bits per heavy atom. The zero-order valence-electron chi connectivity index (χ0n) is 14.5. The van der Waals surface area contributed by atoms with Crippen LogP contribution in [0, 0.1) is 0 Å². The van der Waals surface area contributed by atoms with Gasteiger partial charge in [-0.05, 0) is 36.8 Å². The van der Waals surface area contributed by atoms with E-state index in [0.717, 1.165) is 4.90 Å². The molecular weight excluding hydrogens is 438 g/mol. The number of rotatable bonds is 7. The maximum absolute atomic E-state index is 12.4. The number of carbonyl (C=O) groups is 3. The Morgan fingerprint density at radius 2 is 1.82 bits per heavy atom. The van der Waals surface area contributed by atoms with Gasteiger partial charge in [-0.25, -0.2) is 0 Å². The normalized spacial score (nSPS) is 13.1. The largest absolute Gasteiger partial charge is 0.433 e. The van der Waals surface area contributed by atoms with Crippen LogP contribution in [0.15, 0.2) is 46.9 Å². The Hall–Kier alpha value is -2.81. The van der Waals surface area contributed by atoms with Gasteiger partial charge in [-0.1, -0.05) is 28.1 Å². The molecule has 0 unspecified atom stereocenters. The highest BCUT2D eigenvalue weighted by molar-refractivity contribution is 9.10. The van der Waals surface area contributed by atoms with Crippen LogP contribution in [0.25, 0.3) is 0 Å². The number of hydrogen-bond acceptors (Lipinski definition) is 4. The number of amides is 3. The lowest BCUT2D eigenvalue weighted by molar-refractivity contribution is -0.116. The molecule has 1 aliphatic heterocycles.